The molecule has 0 aliphatic rings. The molecule has 17 heavy (non-hydrogen) atoms. The van der Waals surface area contributed by atoms with Crippen LogP contribution in [0.3, 0.4) is 0 Å². The van der Waals surface area contributed by atoms with Crippen LogP contribution in [0.4, 0.5) is 0 Å². The summed E-state index contributed by atoms with van der Waals surface area (Å²) in [5.41, 5.74) is 0.926. The number of hydrogen-bond donors (Lipinski definition) is 1. The van der Waals surface area contributed by atoms with E-state index in [1.54, 1.807) is 24.3 Å². The Morgan fingerprint density at radius 1 is 1.29 bits per heavy atom. The first-order valence-corrected chi connectivity index (χ1v) is 4.93. The van der Waals surface area contributed by atoms with Gasteiger partial charge in [-0.15, -0.1) is 5.10 Å². The predicted octanol–water partition coefficient (Wildman–Crippen LogP) is 1.63. The van der Waals surface area contributed by atoms with Crippen LogP contribution in [0.25, 0.3) is 0 Å². The summed E-state index contributed by atoms with van der Waals surface area (Å²) in [5.74, 6) is 0.600. The van der Waals surface area contributed by atoms with Gasteiger partial charge in [0.25, 0.3) is 5.88 Å². The Morgan fingerprint density at radius 3 is 2.88 bits per heavy atom. The van der Waals surface area contributed by atoms with Gasteiger partial charge in [-0.1, -0.05) is 18.2 Å². The molecule has 0 aliphatic carbocycles. The van der Waals surface area contributed by atoms with Gasteiger partial charge in [-0.3, -0.25) is 0 Å². The van der Waals surface area contributed by atoms with Crippen LogP contribution >= 0.6 is 0 Å². The molecule has 5 heteroatoms. The van der Waals surface area contributed by atoms with Crippen LogP contribution in [-0.2, 0) is 6.61 Å². The smallest absolute Gasteiger partial charge is 0.256 e. The zero-order valence-electron chi connectivity index (χ0n) is 8.87. The minimum Gasteiger partial charge on any atom is -0.436 e. The lowest BCUT2D eigenvalue weighted by Crippen LogP contribution is -1.96. The SMILES string of the molecule is N#Cc1ccnnc1Oc1ccccc1CO. The highest BCUT2D eigenvalue weighted by molar-refractivity contribution is 5.41. The van der Waals surface area contributed by atoms with Gasteiger partial charge in [0.05, 0.1) is 12.8 Å². The summed E-state index contributed by atoms with van der Waals surface area (Å²) in [6.07, 6.45) is 1.42. The van der Waals surface area contributed by atoms with Crippen LogP contribution in [0.2, 0.25) is 0 Å². The van der Waals surface area contributed by atoms with Crippen molar-refractivity contribution in [1.29, 1.82) is 5.26 Å². The fourth-order valence-electron chi connectivity index (χ4n) is 1.32. The Morgan fingerprint density at radius 2 is 2.12 bits per heavy atom. The first-order chi connectivity index (χ1) is 8.35. The van der Waals surface area contributed by atoms with Gasteiger partial charge < -0.3 is 9.84 Å². The van der Waals surface area contributed by atoms with Crippen LogP contribution in [0, 0.1) is 11.3 Å². The van der Waals surface area contributed by atoms with E-state index in [9.17, 15) is 0 Å². The van der Waals surface area contributed by atoms with Crippen LogP contribution < -0.4 is 4.74 Å². The number of aromatic nitrogens is 2. The molecule has 1 N–H and O–H groups in total. The van der Waals surface area contributed by atoms with Crippen molar-refractivity contribution in [2.24, 2.45) is 0 Å². The van der Waals surface area contributed by atoms with Crippen molar-refractivity contribution in [3.8, 4) is 17.7 Å². The Labute approximate surface area is 97.9 Å². The lowest BCUT2D eigenvalue weighted by atomic mass is 10.2. The molecule has 0 spiro atoms. The molecule has 0 atom stereocenters. The van der Waals surface area contributed by atoms with E-state index < -0.39 is 0 Å². The summed E-state index contributed by atoms with van der Waals surface area (Å²) in [4.78, 5) is 0. The summed E-state index contributed by atoms with van der Waals surface area (Å²) in [5, 5.41) is 25.4. The molecule has 2 aromatic rings. The van der Waals surface area contributed by atoms with Crippen molar-refractivity contribution in [2.45, 2.75) is 6.61 Å². The Balaban J connectivity index is 2.35. The second-order valence-corrected chi connectivity index (χ2v) is 3.23. The molecule has 2 rings (SSSR count). The molecule has 0 radical (unpaired) electrons. The van der Waals surface area contributed by atoms with Crippen molar-refractivity contribution in [1.82, 2.24) is 10.2 Å². The number of hydrogen-bond acceptors (Lipinski definition) is 5. The third kappa shape index (κ3) is 2.38. The zero-order chi connectivity index (χ0) is 12.1. The van der Waals surface area contributed by atoms with E-state index in [1.807, 2.05) is 6.07 Å². The van der Waals surface area contributed by atoms with Crippen LogP contribution in [-0.4, -0.2) is 15.3 Å². The quantitative estimate of drug-likeness (QED) is 0.862. The van der Waals surface area contributed by atoms with Gasteiger partial charge in [-0.25, -0.2) is 0 Å². The number of nitrogens with zero attached hydrogens (tertiary/aromatic N) is 3. The van der Waals surface area contributed by atoms with Crippen molar-refractivity contribution in [2.75, 3.05) is 0 Å². The van der Waals surface area contributed by atoms with E-state index in [1.165, 1.54) is 12.3 Å². The Hall–Kier alpha value is -2.45. The van der Waals surface area contributed by atoms with E-state index in [0.717, 1.165) is 0 Å². The lowest BCUT2D eigenvalue weighted by molar-refractivity contribution is 0.276. The van der Waals surface area contributed by atoms with E-state index in [4.69, 9.17) is 15.1 Å². The van der Waals surface area contributed by atoms with E-state index in [0.29, 0.717) is 16.9 Å². The van der Waals surface area contributed by atoms with Gasteiger partial charge in [0.2, 0.25) is 0 Å². The van der Waals surface area contributed by atoms with Gasteiger partial charge >= 0.3 is 0 Å². The lowest BCUT2D eigenvalue weighted by Gasteiger charge is -2.08. The van der Waals surface area contributed by atoms with Crippen molar-refractivity contribution < 1.29 is 9.84 Å². The molecule has 0 fully saturated rings. The number of rotatable bonds is 3. The average Bonchev–Trinajstić information content (AvgIpc) is 2.40. The van der Waals surface area contributed by atoms with E-state index in [-0.39, 0.29) is 12.5 Å². The molecule has 1 aromatic heterocycles. The molecule has 0 saturated carbocycles. The highest BCUT2D eigenvalue weighted by atomic mass is 16.5. The summed E-state index contributed by atoms with van der Waals surface area (Å²) < 4.78 is 5.47. The van der Waals surface area contributed by atoms with Crippen LogP contribution in [0.5, 0.6) is 11.6 Å². The molecular weight excluding hydrogens is 218 g/mol. The molecule has 5 nitrogen and oxygen atoms in total. The molecule has 1 aromatic carbocycles. The van der Waals surface area contributed by atoms with Gasteiger partial charge in [0.1, 0.15) is 17.4 Å². The number of ether oxygens (including phenoxy) is 1. The second-order valence-electron chi connectivity index (χ2n) is 3.23. The summed E-state index contributed by atoms with van der Waals surface area (Å²) in [6.45, 7) is -0.141. The minimum atomic E-state index is -0.141. The average molecular weight is 227 g/mol. The molecule has 0 saturated heterocycles. The second kappa shape index (κ2) is 5.05. The van der Waals surface area contributed by atoms with Gasteiger partial charge in [0.15, 0.2) is 0 Å². The standard InChI is InChI=1S/C12H9N3O2/c13-7-9-5-6-14-15-12(9)17-11-4-2-1-3-10(11)8-16/h1-6,16H,8H2. The zero-order valence-corrected chi connectivity index (χ0v) is 8.87. The minimum absolute atomic E-state index is 0.135. The predicted molar refractivity (Wildman–Crippen MR) is 59.2 cm³/mol. The fraction of sp³-hybridized carbons (Fsp3) is 0.0833. The topological polar surface area (TPSA) is 79.0 Å². The normalized spacial score (nSPS) is 9.65. The number of aliphatic hydroxyl groups excluding tert-OH is 1. The summed E-state index contributed by atoms with van der Waals surface area (Å²) >= 11 is 0. The maximum Gasteiger partial charge on any atom is 0.256 e. The first kappa shape index (κ1) is 11.0. The number of benzene rings is 1. The first-order valence-electron chi connectivity index (χ1n) is 4.93. The molecule has 0 unspecified atom stereocenters. The van der Waals surface area contributed by atoms with Crippen molar-refractivity contribution >= 4 is 0 Å². The van der Waals surface area contributed by atoms with Crippen molar-refractivity contribution in [3.63, 3.8) is 0 Å². The number of aliphatic hydroxyl groups is 1. The summed E-state index contributed by atoms with van der Waals surface area (Å²) in [6, 6.07) is 10.5. The maximum absolute atomic E-state index is 9.14. The molecule has 0 bridgehead atoms. The molecule has 0 amide bonds. The summed E-state index contributed by atoms with van der Waals surface area (Å²) in [7, 11) is 0. The van der Waals surface area contributed by atoms with Crippen molar-refractivity contribution in [3.05, 3.63) is 47.7 Å². The molecular formula is C12H9N3O2. The highest BCUT2D eigenvalue weighted by Gasteiger charge is 2.08. The largest absolute Gasteiger partial charge is 0.436 e. The molecule has 0 aliphatic heterocycles. The van der Waals surface area contributed by atoms with Gasteiger partial charge in [-0.2, -0.15) is 10.4 Å². The highest BCUT2D eigenvalue weighted by Crippen LogP contribution is 2.25. The van der Waals surface area contributed by atoms with E-state index >= 15 is 0 Å². The monoisotopic (exact) mass is 227 g/mol. The number of para-hydroxylation sites is 1. The Bertz CT molecular complexity index is 564. The third-order valence-corrected chi connectivity index (χ3v) is 2.16. The van der Waals surface area contributed by atoms with Crippen LogP contribution in [0.1, 0.15) is 11.1 Å². The Kier molecular flexibility index (Phi) is 3.28. The fourth-order valence-corrected chi connectivity index (χ4v) is 1.32. The molecule has 84 valence electrons. The molecule has 1 heterocycles. The number of nitriles is 1. The third-order valence-electron chi connectivity index (χ3n) is 2.16. The van der Waals surface area contributed by atoms with E-state index in [2.05, 4.69) is 10.2 Å². The van der Waals surface area contributed by atoms with Crippen LogP contribution in [0.15, 0.2) is 36.5 Å². The maximum atomic E-state index is 9.14. The van der Waals surface area contributed by atoms with Gasteiger partial charge in [0, 0.05) is 5.56 Å². The van der Waals surface area contributed by atoms with Gasteiger partial charge in [-0.05, 0) is 12.1 Å².